The molecule has 4 rings (SSSR count). The molecule has 27 heavy (non-hydrogen) atoms. The number of benzene rings is 2. The lowest BCUT2D eigenvalue weighted by Crippen LogP contribution is -2.09. The summed E-state index contributed by atoms with van der Waals surface area (Å²) in [5.74, 6) is 1.14. The third kappa shape index (κ3) is 3.89. The van der Waals surface area contributed by atoms with Gasteiger partial charge in [0.25, 0.3) is 5.91 Å². The normalized spacial score (nSPS) is 10.7. The molecular formula is C20H14N2O3S2. The van der Waals surface area contributed by atoms with Crippen LogP contribution in [0.5, 0.6) is 11.5 Å². The van der Waals surface area contributed by atoms with Gasteiger partial charge in [-0.25, -0.2) is 4.98 Å². The fourth-order valence-corrected chi connectivity index (χ4v) is 4.14. The maximum absolute atomic E-state index is 12.4. The van der Waals surface area contributed by atoms with Crippen molar-refractivity contribution in [2.75, 3.05) is 5.32 Å². The average Bonchev–Trinajstić information content (AvgIpc) is 3.29. The molecule has 2 heterocycles. The Bertz CT molecular complexity index is 1130. The number of ether oxygens (including phenoxy) is 1. The summed E-state index contributed by atoms with van der Waals surface area (Å²) in [5.41, 5.74) is 0.784. The fraction of sp³-hybridized carbons (Fsp3) is 0.0500. The van der Waals surface area contributed by atoms with Gasteiger partial charge >= 0.3 is 0 Å². The number of carbonyl (C=O) groups is 2. The molecular weight excluding hydrogens is 380 g/mol. The molecule has 2 aromatic heterocycles. The summed E-state index contributed by atoms with van der Waals surface area (Å²) in [7, 11) is 0. The first kappa shape index (κ1) is 17.4. The first-order valence-electron chi connectivity index (χ1n) is 8.14. The molecule has 0 aliphatic rings. The van der Waals surface area contributed by atoms with E-state index in [9.17, 15) is 9.59 Å². The van der Waals surface area contributed by atoms with Gasteiger partial charge in [-0.2, -0.15) is 0 Å². The van der Waals surface area contributed by atoms with Gasteiger partial charge in [-0.3, -0.25) is 14.9 Å². The van der Waals surface area contributed by atoms with Gasteiger partial charge in [0.05, 0.1) is 20.0 Å². The predicted octanol–water partition coefficient (Wildman–Crippen LogP) is 5.61. The van der Waals surface area contributed by atoms with Gasteiger partial charge in [-0.1, -0.05) is 29.5 Å². The summed E-state index contributed by atoms with van der Waals surface area (Å²) in [5, 5.41) is 3.30. The van der Waals surface area contributed by atoms with E-state index < -0.39 is 0 Å². The van der Waals surface area contributed by atoms with Crippen molar-refractivity contribution in [1.29, 1.82) is 0 Å². The minimum absolute atomic E-state index is 0.0509. The zero-order chi connectivity index (χ0) is 18.8. The highest BCUT2D eigenvalue weighted by atomic mass is 32.1. The summed E-state index contributed by atoms with van der Waals surface area (Å²) in [6, 6.07) is 18.4. The van der Waals surface area contributed by atoms with Crippen LogP contribution in [0.25, 0.3) is 10.2 Å². The molecule has 2 aromatic carbocycles. The molecule has 0 radical (unpaired) electrons. The van der Waals surface area contributed by atoms with Crippen LogP contribution in [-0.4, -0.2) is 16.7 Å². The minimum Gasteiger partial charge on any atom is -0.457 e. The Labute approximate surface area is 163 Å². The molecule has 0 spiro atoms. The molecule has 5 nitrogen and oxygen atoms in total. The lowest BCUT2D eigenvalue weighted by atomic mass is 10.3. The number of anilines is 1. The maximum Gasteiger partial charge on any atom is 0.267 e. The molecule has 0 unspecified atom stereocenters. The highest BCUT2D eigenvalue weighted by Crippen LogP contribution is 2.31. The number of hydrogen-bond donors (Lipinski definition) is 1. The number of nitrogens with zero attached hydrogens (tertiary/aromatic N) is 1. The van der Waals surface area contributed by atoms with Crippen LogP contribution in [0.4, 0.5) is 5.13 Å². The first-order valence-corrected chi connectivity index (χ1v) is 9.77. The van der Waals surface area contributed by atoms with Gasteiger partial charge < -0.3 is 4.74 Å². The second kappa shape index (κ2) is 7.30. The summed E-state index contributed by atoms with van der Waals surface area (Å²) >= 11 is 2.55. The highest BCUT2D eigenvalue weighted by molar-refractivity contribution is 7.22. The summed E-state index contributed by atoms with van der Waals surface area (Å²) in [6.07, 6.45) is 0. The van der Waals surface area contributed by atoms with Gasteiger partial charge in [-0.15, -0.1) is 11.3 Å². The third-order valence-corrected chi connectivity index (χ3v) is 5.85. The van der Waals surface area contributed by atoms with Gasteiger partial charge in [0.2, 0.25) is 0 Å². The Morgan fingerprint density at radius 2 is 1.70 bits per heavy atom. The number of amides is 1. The number of aromatic nitrogens is 1. The summed E-state index contributed by atoms with van der Waals surface area (Å²) < 4.78 is 6.74. The van der Waals surface area contributed by atoms with E-state index in [1.165, 1.54) is 29.6 Å². The van der Waals surface area contributed by atoms with E-state index in [-0.39, 0.29) is 11.7 Å². The summed E-state index contributed by atoms with van der Waals surface area (Å²) in [4.78, 5) is 29.2. The van der Waals surface area contributed by atoms with Gasteiger partial charge in [0.1, 0.15) is 11.5 Å². The van der Waals surface area contributed by atoms with E-state index in [2.05, 4.69) is 10.3 Å². The van der Waals surface area contributed by atoms with Crippen LogP contribution in [-0.2, 0) is 0 Å². The van der Waals surface area contributed by atoms with Crippen molar-refractivity contribution >= 4 is 49.7 Å². The maximum atomic E-state index is 12.4. The standard InChI is InChI=1S/C20H14N2O3S2/c1-12(23)16-9-10-17(26-16)19(24)22-20-21-15-8-7-14(11-18(15)27-20)25-13-5-3-2-4-6-13/h2-11H,1H3,(H,21,22,24). The van der Waals surface area contributed by atoms with Crippen molar-refractivity contribution in [2.45, 2.75) is 6.92 Å². The fourth-order valence-electron chi connectivity index (χ4n) is 2.45. The zero-order valence-electron chi connectivity index (χ0n) is 14.3. The number of ketones is 1. The molecule has 0 saturated carbocycles. The van der Waals surface area contributed by atoms with Crippen LogP contribution in [0, 0.1) is 0 Å². The van der Waals surface area contributed by atoms with Crippen LogP contribution >= 0.6 is 22.7 Å². The molecule has 7 heteroatoms. The van der Waals surface area contributed by atoms with E-state index >= 15 is 0 Å². The second-order valence-corrected chi connectivity index (χ2v) is 7.85. The Kier molecular flexibility index (Phi) is 4.70. The van der Waals surface area contributed by atoms with E-state index in [1.807, 2.05) is 48.5 Å². The molecule has 1 N–H and O–H groups in total. The number of nitrogens with one attached hydrogen (secondary N) is 1. The quantitative estimate of drug-likeness (QED) is 0.447. The Morgan fingerprint density at radius 1 is 0.926 bits per heavy atom. The Morgan fingerprint density at radius 3 is 2.44 bits per heavy atom. The Hall–Kier alpha value is -3.03. The molecule has 4 aromatic rings. The monoisotopic (exact) mass is 394 g/mol. The van der Waals surface area contributed by atoms with Crippen LogP contribution in [0.2, 0.25) is 0 Å². The van der Waals surface area contributed by atoms with Crippen molar-refractivity contribution < 1.29 is 14.3 Å². The number of hydrogen-bond acceptors (Lipinski definition) is 6. The third-order valence-electron chi connectivity index (χ3n) is 3.74. The van der Waals surface area contributed by atoms with Crippen molar-refractivity contribution in [2.24, 2.45) is 0 Å². The molecule has 1 amide bonds. The molecule has 0 aliphatic carbocycles. The predicted molar refractivity (Wildman–Crippen MR) is 108 cm³/mol. The Balaban J connectivity index is 1.52. The van der Waals surface area contributed by atoms with Gasteiger partial charge in [-0.05, 0) is 43.3 Å². The molecule has 134 valence electrons. The number of thiazole rings is 1. The van der Waals surface area contributed by atoms with Gasteiger partial charge in [0.15, 0.2) is 10.9 Å². The van der Waals surface area contributed by atoms with E-state index in [0.29, 0.717) is 20.6 Å². The van der Waals surface area contributed by atoms with Crippen molar-refractivity contribution in [3.05, 3.63) is 70.4 Å². The lowest BCUT2D eigenvalue weighted by Gasteiger charge is -2.04. The molecule has 0 bridgehead atoms. The SMILES string of the molecule is CC(=O)c1ccc(C(=O)Nc2nc3ccc(Oc4ccccc4)cc3s2)s1. The zero-order valence-corrected chi connectivity index (χ0v) is 15.9. The molecule has 0 atom stereocenters. The smallest absolute Gasteiger partial charge is 0.267 e. The molecule has 0 saturated heterocycles. The summed E-state index contributed by atoms with van der Waals surface area (Å²) in [6.45, 7) is 1.48. The molecule has 0 aliphatic heterocycles. The van der Waals surface area contributed by atoms with Crippen LogP contribution in [0.1, 0.15) is 26.3 Å². The average molecular weight is 394 g/mol. The van der Waals surface area contributed by atoms with Crippen LogP contribution < -0.4 is 10.1 Å². The first-order chi connectivity index (χ1) is 13.1. The number of Topliss-reactive ketones (excluding diaryl/α,β-unsaturated/α-hetero) is 1. The highest BCUT2D eigenvalue weighted by Gasteiger charge is 2.14. The topological polar surface area (TPSA) is 68.3 Å². The molecule has 0 fully saturated rings. The van der Waals surface area contributed by atoms with E-state index in [0.717, 1.165) is 16.0 Å². The van der Waals surface area contributed by atoms with Gasteiger partial charge in [0, 0.05) is 6.07 Å². The second-order valence-electron chi connectivity index (χ2n) is 5.74. The van der Waals surface area contributed by atoms with Crippen molar-refractivity contribution in [1.82, 2.24) is 4.98 Å². The van der Waals surface area contributed by atoms with E-state index in [1.54, 1.807) is 12.1 Å². The number of para-hydroxylation sites is 1. The van der Waals surface area contributed by atoms with Crippen LogP contribution in [0.15, 0.2) is 60.7 Å². The van der Waals surface area contributed by atoms with E-state index in [4.69, 9.17) is 4.74 Å². The number of carbonyl (C=O) groups excluding carboxylic acids is 2. The lowest BCUT2D eigenvalue weighted by molar-refractivity contribution is 0.101. The number of rotatable bonds is 5. The van der Waals surface area contributed by atoms with Crippen molar-refractivity contribution in [3.8, 4) is 11.5 Å². The van der Waals surface area contributed by atoms with Crippen molar-refractivity contribution in [3.63, 3.8) is 0 Å². The number of fused-ring (bicyclic) bond motifs is 1. The van der Waals surface area contributed by atoms with Crippen LogP contribution in [0.3, 0.4) is 0 Å². The largest absolute Gasteiger partial charge is 0.457 e. The minimum atomic E-state index is -0.271. The number of thiophene rings is 1.